The monoisotopic (exact) mass is 235 g/mol. The number of benzene rings is 1. The topological polar surface area (TPSA) is 41.6 Å². The number of hydrogen-bond donors (Lipinski definition) is 0. The molecule has 0 spiro atoms. The van der Waals surface area contributed by atoms with E-state index < -0.39 is 11.6 Å². The number of aromatic nitrogens is 2. The molecule has 88 valence electrons. The third-order valence-corrected chi connectivity index (χ3v) is 2.57. The lowest BCUT2D eigenvalue weighted by molar-refractivity contribution is 0.510. The second-order valence-electron chi connectivity index (χ2n) is 3.78. The van der Waals surface area contributed by atoms with Crippen molar-refractivity contribution in [2.24, 2.45) is 0 Å². The van der Waals surface area contributed by atoms with E-state index in [1.54, 1.807) is 4.57 Å². The van der Waals surface area contributed by atoms with Crippen molar-refractivity contribution < 1.29 is 8.78 Å². The van der Waals surface area contributed by atoms with E-state index in [2.05, 4.69) is 4.98 Å². The average molecular weight is 235 g/mol. The Hall–Kier alpha value is -1.96. The van der Waals surface area contributed by atoms with Gasteiger partial charge in [0.1, 0.15) is 12.4 Å². The highest BCUT2D eigenvalue weighted by molar-refractivity contribution is 5.76. The first-order chi connectivity index (χ1) is 8.17. The van der Waals surface area contributed by atoms with Crippen molar-refractivity contribution in [1.29, 1.82) is 5.26 Å². The fourth-order valence-corrected chi connectivity index (χ4v) is 1.83. The smallest absolute Gasteiger partial charge is 0.161 e. The molecule has 2 rings (SSSR count). The first kappa shape index (κ1) is 11.5. The van der Waals surface area contributed by atoms with Crippen LogP contribution in [-0.2, 0) is 13.0 Å². The lowest BCUT2D eigenvalue weighted by Crippen LogP contribution is -2.02. The molecule has 3 nitrogen and oxygen atoms in total. The van der Waals surface area contributed by atoms with Crippen LogP contribution in [0.4, 0.5) is 8.78 Å². The van der Waals surface area contributed by atoms with E-state index in [1.165, 1.54) is 0 Å². The van der Waals surface area contributed by atoms with Crippen molar-refractivity contribution >= 4 is 11.0 Å². The van der Waals surface area contributed by atoms with Gasteiger partial charge in [-0.25, -0.2) is 13.8 Å². The van der Waals surface area contributed by atoms with E-state index >= 15 is 0 Å². The second-order valence-corrected chi connectivity index (χ2v) is 3.78. The summed E-state index contributed by atoms with van der Waals surface area (Å²) in [5.41, 5.74) is 0.858. The van der Waals surface area contributed by atoms with Gasteiger partial charge < -0.3 is 4.57 Å². The average Bonchev–Trinajstić information content (AvgIpc) is 2.59. The summed E-state index contributed by atoms with van der Waals surface area (Å²) in [6.45, 7) is 2.08. The summed E-state index contributed by atoms with van der Waals surface area (Å²) in [4.78, 5) is 4.23. The summed E-state index contributed by atoms with van der Waals surface area (Å²) in [6, 6.07) is 4.16. The summed E-state index contributed by atoms with van der Waals surface area (Å²) < 4.78 is 27.9. The van der Waals surface area contributed by atoms with Crippen LogP contribution in [-0.4, -0.2) is 9.55 Å². The minimum atomic E-state index is -0.917. The van der Waals surface area contributed by atoms with Crippen LogP contribution < -0.4 is 0 Å². The van der Waals surface area contributed by atoms with Gasteiger partial charge >= 0.3 is 0 Å². The van der Waals surface area contributed by atoms with E-state index in [4.69, 9.17) is 5.26 Å². The van der Waals surface area contributed by atoms with Crippen LogP contribution in [0.15, 0.2) is 12.1 Å². The van der Waals surface area contributed by atoms with Crippen molar-refractivity contribution in [3.63, 3.8) is 0 Å². The minimum Gasteiger partial charge on any atom is -0.314 e. The second kappa shape index (κ2) is 4.50. The summed E-state index contributed by atoms with van der Waals surface area (Å²) in [6.07, 6.45) is 1.54. The lowest BCUT2D eigenvalue weighted by atomic mass is 10.3. The van der Waals surface area contributed by atoms with Gasteiger partial charge in [0.05, 0.1) is 17.1 Å². The highest BCUT2D eigenvalue weighted by Crippen LogP contribution is 2.20. The first-order valence-corrected chi connectivity index (χ1v) is 5.38. The zero-order valence-electron chi connectivity index (χ0n) is 9.37. The third-order valence-electron chi connectivity index (χ3n) is 2.57. The number of nitrogens with zero attached hydrogens (tertiary/aromatic N) is 3. The Labute approximate surface area is 97.3 Å². The van der Waals surface area contributed by atoms with Crippen molar-refractivity contribution in [2.75, 3.05) is 0 Å². The van der Waals surface area contributed by atoms with Crippen LogP contribution in [0.1, 0.15) is 19.2 Å². The van der Waals surface area contributed by atoms with Crippen LogP contribution >= 0.6 is 0 Å². The SMILES string of the molecule is CCCc1nc2cc(F)c(F)cc2n1CC#N. The Morgan fingerprint density at radius 1 is 1.35 bits per heavy atom. The van der Waals surface area contributed by atoms with Crippen LogP contribution in [0, 0.1) is 23.0 Å². The number of fused-ring (bicyclic) bond motifs is 1. The van der Waals surface area contributed by atoms with Crippen LogP contribution in [0.3, 0.4) is 0 Å². The zero-order valence-corrected chi connectivity index (χ0v) is 9.37. The van der Waals surface area contributed by atoms with Crippen LogP contribution in [0.2, 0.25) is 0 Å². The predicted octanol–water partition coefficient (Wildman–Crippen LogP) is 2.79. The molecule has 0 radical (unpaired) electrons. The van der Waals surface area contributed by atoms with Gasteiger partial charge in [-0.15, -0.1) is 0 Å². The lowest BCUT2D eigenvalue weighted by Gasteiger charge is -2.02. The zero-order chi connectivity index (χ0) is 12.4. The molecule has 0 N–H and O–H groups in total. The van der Waals surface area contributed by atoms with Gasteiger partial charge in [-0.05, 0) is 6.42 Å². The van der Waals surface area contributed by atoms with Gasteiger partial charge in [-0.2, -0.15) is 5.26 Å². The van der Waals surface area contributed by atoms with Gasteiger partial charge in [0.2, 0.25) is 0 Å². The highest BCUT2D eigenvalue weighted by Gasteiger charge is 2.13. The number of imidazole rings is 1. The van der Waals surface area contributed by atoms with Gasteiger partial charge in [0.25, 0.3) is 0 Å². The molecule has 5 heteroatoms. The number of nitriles is 1. The number of rotatable bonds is 3. The van der Waals surface area contributed by atoms with Gasteiger partial charge in [-0.3, -0.25) is 0 Å². The Balaban J connectivity index is 2.67. The molecule has 0 amide bonds. The third kappa shape index (κ3) is 1.98. The highest BCUT2D eigenvalue weighted by atomic mass is 19.2. The van der Waals surface area contributed by atoms with E-state index in [0.29, 0.717) is 23.3 Å². The molecule has 1 heterocycles. The van der Waals surface area contributed by atoms with E-state index in [-0.39, 0.29) is 6.54 Å². The van der Waals surface area contributed by atoms with E-state index in [1.807, 2.05) is 13.0 Å². The summed E-state index contributed by atoms with van der Waals surface area (Å²) in [5, 5.41) is 8.75. The Bertz CT molecular complexity index is 596. The molecule has 0 unspecified atom stereocenters. The maximum atomic E-state index is 13.2. The molecule has 0 fully saturated rings. The summed E-state index contributed by atoms with van der Waals surface area (Å²) in [7, 11) is 0. The molecule has 0 atom stereocenters. The van der Waals surface area contributed by atoms with Gasteiger partial charge in [0, 0.05) is 18.6 Å². The van der Waals surface area contributed by atoms with Crippen LogP contribution in [0.25, 0.3) is 11.0 Å². The molecule has 2 aromatic rings. The molecule has 0 saturated carbocycles. The fourth-order valence-electron chi connectivity index (χ4n) is 1.83. The van der Waals surface area contributed by atoms with Gasteiger partial charge in [-0.1, -0.05) is 6.92 Å². The van der Waals surface area contributed by atoms with Crippen LogP contribution in [0.5, 0.6) is 0 Å². The number of aryl methyl sites for hydroxylation is 1. The van der Waals surface area contributed by atoms with Crippen molar-refractivity contribution in [2.45, 2.75) is 26.3 Å². The molecule has 0 bridgehead atoms. The number of hydrogen-bond acceptors (Lipinski definition) is 2. The Kier molecular flexibility index (Phi) is 3.05. The van der Waals surface area contributed by atoms with E-state index in [9.17, 15) is 8.78 Å². The maximum absolute atomic E-state index is 13.2. The standard InChI is InChI=1S/C12H11F2N3/c1-2-3-12-16-10-6-8(13)9(14)7-11(10)17(12)5-4-15/h6-7H,2-3,5H2,1H3. The number of halogens is 2. The molecule has 1 aromatic heterocycles. The fraction of sp³-hybridized carbons (Fsp3) is 0.333. The molecule has 0 saturated heterocycles. The minimum absolute atomic E-state index is 0.0942. The molecule has 0 aliphatic heterocycles. The molecular formula is C12H11F2N3. The molecule has 17 heavy (non-hydrogen) atoms. The molecular weight excluding hydrogens is 224 g/mol. The molecule has 0 aliphatic rings. The first-order valence-electron chi connectivity index (χ1n) is 5.38. The van der Waals surface area contributed by atoms with Crippen molar-refractivity contribution in [3.8, 4) is 6.07 Å². The largest absolute Gasteiger partial charge is 0.314 e. The molecule has 0 aliphatic carbocycles. The molecule has 1 aromatic carbocycles. The van der Waals surface area contributed by atoms with Crippen molar-refractivity contribution in [3.05, 3.63) is 29.6 Å². The Morgan fingerprint density at radius 3 is 2.71 bits per heavy atom. The maximum Gasteiger partial charge on any atom is 0.161 e. The van der Waals surface area contributed by atoms with E-state index in [0.717, 1.165) is 18.6 Å². The normalized spacial score (nSPS) is 10.7. The Morgan fingerprint density at radius 2 is 2.06 bits per heavy atom. The summed E-state index contributed by atoms with van der Waals surface area (Å²) in [5.74, 6) is -1.14. The van der Waals surface area contributed by atoms with Gasteiger partial charge in [0.15, 0.2) is 11.6 Å². The quantitative estimate of drug-likeness (QED) is 0.820. The summed E-state index contributed by atoms with van der Waals surface area (Å²) >= 11 is 0. The predicted molar refractivity (Wildman–Crippen MR) is 59.3 cm³/mol. The van der Waals surface area contributed by atoms with Crippen molar-refractivity contribution in [1.82, 2.24) is 9.55 Å².